The fourth-order valence-electron chi connectivity index (χ4n) is 3.78. The van der Waals surface area contributed by atoms with Crippen molar-refractivity contribution in [3.05, 3.63) is 74.9 Å². The molecule has 3 aromatic rings. The van der Waals surface area contributed by atoms with Crippen LogP contribution in [0.3, 0.4) is 0 Å². The van der Waals surface area contributed by atoms with E-state index in [0.29, 0.717) is 41.7 Å². The van der Waals surface area contributed by atoms with Gasteiger partial charge in [0.2, 0.25) is 11.7 Å². The van der Waals surface area contributed by atoms with Crippen LogP contribution in [0.15, 0.2) is 53.9 Å². The van der Waals surface area contributed by atoms with Crippen LogP contribution in [0.4, 0.5) is 0 Å². The topological polar surface area (TPSA) is 48.0 Å². The summed E-state index contributed by atoms with van der Waals surface area (Å²) in [5, 5.41) is 2.75. The largest absolute Gasteiger partial charge is 0.493 e. The third-order valence-corrected chi connectivity index (χ3v) is 6.70. The van der Waals surface area contributed by atoms with E-state index in [4.69, 9.17) is 25.8 Å². The second-order valence-corrected chi connectivity index (χ2v) is 9.28. The summed E-state index contributed by atoms with van der Waals surface area (Å²) in [6, 6.07) is 15.7. The van der Waals surface area contributed by atoms with Gasteiger partial charge in [-0.25, -0.2) is 0 Å². The van der Waals surface area contributed by atoms with Crippen LogP contribution < -0.4 is 14.2 Å². The zero-order chi connectivity index (χ0) is 23.8. The van der Waals surface area contributed by atoms with Gasteiger partial charge >= 0.3 is 0 Å². The smallest absolute Gasteiger partial charge is 0.223 e. The van der Waals surface area contributed by atoms with Crippen molar-refractivity contribution in [2.45, 2.75) is 38.8 Å². The van der Waals surface area contributed by atoms with E-state index in [1.54, 1.807) is 32.7 Å². The van der Waals surface area contributed by atoms with E-state index in [0.717, 1.165) is 17.5 Å². The molecule has 0 aliphatic rings. The minimum Gasteiger partial charge on any atom is -0.493 e. The summed E-state index contributed by atoms with van der Waals surface area (Å²) in [7, 11) is 4.76. The van der Waals surface area contributed by atoms with Crippen LogP contribution in [-0.2, 0) is 24.2 Å². The summed E-state index contributed by atoms with van der Waals surface area (Å²) in [6.45, 7) is 2.64. The molecule has 1 atom stereocenters. The van der Waals surface area contributed by atoms with Gasteiger partial charge in [-0.2, -0.15) is 0 Å². The lowest BCUT2D eigenvalue weighted by molar-refractivity contribution is -0.133. The van der Waals surface area contributed by atoms with Gasteiger partial charge in [-0.05, 0) is 60.2 Å². The fourth-order valence-corrected chi connectivity index (χ4v) is 4.73. The van der Waals surface area contributed by atoms with Gasteiger partial charge in [0, 0.05) is 35.3 Å². The number of rotatable bonds is 11. The van der Waals surface area contributed by atoms with Crippen LogP contribution in [0.25, 0.3) is 0 Å². The summed E-state index contributed by atoms with van der Waals surface area (Å²) in [6.07, 6.45) is 1.76. The number of carbonyl (C=O) groups is 1. The average Bonchev–Trinajstić information content (AvgIpc) is 3.34. The number of ether oxygens (including phenoxy) is 3. The molecule has 176 valence electrons. The maximum atomic E-state index is 13.4. The highest BCUT2D eigenvalue weighted by atomic mass is 35.5. The Morgan fingerprint density at radius 1 is 1.00 bits per heavy atom. The molecule has 1 aromatic heterocycles. The maximum absolute atomic E-state index is 13.4. The van der Waals surface area contributed by atoms with Crippen molar-refractivity contribution in [1.82, 2.24) is 4.90 Å². The molecule has 1 amide bonds. The van der Waals surface area contributed by atoms with E-state index in [-0.39, 0.29) is 11.9 Å². The lowest BCUT2D eigenvalue weighted by Crippen LogP contribution is -2.39. The Labute approximate surface area is 204 Å². The van der Waals surface area contributed by atoms with Crippen molar-refractivity contribution in [2.75, 3.05) is 21.3 Å². The molecule has 5 nitrogen and oxygen atoms in total. The van der Waals surface area contributed by atoms with Crippen molar-refractivity contribution in [3.8, 4) is 17.2 Å². The van der Waals surface area contributed by atoms with Crippen molar-refractivity contribution in [1.29, 1.82) is 0 Å². The van der Waals surface area contributed by atoms with Crippen LogP contribution in [0.2, 0.25) is 5.02 Å². The lowest BCUT2D eigenvalue weighted by atomic mass is 10.1. The summed E-state index contributed by atoms with van der Waals surface area (Å²) in [5.74, 6) is 1.82. The van der Waals surface area contributed by atoms with Crippen molar-refractivity contribution < 1.29 is 19.0 Å². The van der Waals surface area contributed by atoms with Crippen LogP contribution in [0.5, 0.6) is 17.2 Å². The molecule has 0 aliphatic carbocycles. The minimum absolute atomic E-state index is 0.0618. The summed E-state index contributed by atoms with van der Waals surface area (Å²) in [5.41, 5.74) is 2.01. The molecular weight excluding hydrogens is 458 g/mol. The van der Waals surface area contributed by atoms with E-state index in [1.165, 1.54) is 4.88 Å². The zero-order valence-corrected chi connectivity index (χ0v) is 21.0. The summed E-state index contributed by atoms with van der Waals surface area (Å²) >= 11 is 7.76. The Bertz CT molecular complexity index is 1010. The molecule has 0 saturated carbocycles. The Morgan fingerprint density at radius 2 is 1.67 bits per heavy atom. The number of hydrogen-bond acceptors (Lipinski definition) is 5. The number of nitrogens with zero attached hydrogens (tertiary/aromatic N) is 1. The highest BCUT2D eigenvalue weighted by Gasteiger charge is 2.22. The van der Waals surface area contributed by atoms with E-state index in [9.17, 15) is 4.79 Å². The molecule has 1 heterocycles. The molecule has 0 radical (unpaired) electrons. The van der Waals surface area contributed by atoms with Gasteiger partial charge in [0.15, 0.2) is 11.5 Å². The molecule has 0 fully saturated rings. The van der Waals surface area contributed by atoms with Crippen LogP contribution in [-0.4, -0.2) is 38.2 Å². The number of methoxy groups -OCH3 is 3. The Morgan fingerprint density at radius 3 is 2.21 bits per heavy atom. The standard InChI is InChI=1S/C26H30ClNO4S/c1-18(14-22-6-5-13-33-22)28(17-19-7-10-21(27)11-8-19)25(29)12-9-20-15-23(30-2)26(32-4)24(16-20)31-3/h5-8,10-11,13,15-16,18H,9,12,14,17H2,1-4H3. The molecular formula is C26H30ClNO4S. The maximum Gasteiger partial charge on any atom is 0.223 e. The van der Waals surface area contributed by atoms with Gasteiger partial charge in [0.1, 0.15) is 0 Å². The van der Waals surface area contributed by atoms with Crippen molar-refractivity contribution >= 4 is 28.8 Å². The van der Waals surface area contributed by atoms with Gasteiger partial charge in [0.05, 0.1) is 21.3 Å². The first-order chi connectivity index (χ1) is 15.9. The van der Waals surface area contributed by atoms with E-state index >= 15 is 0 Å². The second kappa shape index (κ2) is 12.0. The summed E-state index contributed by atoms with van der Waals surface area (Å²) < 4.78 is 16.3. The Hall–Kier alpha value is -2.70. The first-order valence-corrected chi connectivity index (χ1v) is 12.1. The molecule has 0 N–H and O–H groups in total. The average molecular weight is 488 g/mol. The van der Waals surface area contributed by atoms with Crippen molar-refractivity contribution in [3.63, 3.8) is 0 Å². The molecule has 7 heteroatoms. The van der Waals surface area contributed by atoms with E-state index in [1.807, 2.05) is 47.4 Å². The number of halogens is 1. The predicted molar refractivity (Wildman–Crippen MR) is 134 cm³/mol. The van der Waals surface area contributed by atoms with Crippen molar-refractivity contribution in [2.24, 2.45) is 0 Å². The van der Waals surface area contributed by atoms with Crippen LogP contribution in [0.1, 0.15) is 29.3 Å². The highest BCUT2D eigenvalue weighted by Crippen LogP contribution is 2.38. The molecule has 0 aliphatic heterocycles. The van der Waals surface area contributed by atoms with E-state index in [2.05, 4.69) is 18.4 Å². The molecule has 33 heavy (non-hydrogen) atoms. The van der Waals surface area contributed by atoms with E-state index < -0.39 is 0 Å². The minimum atomic E-state index is 0.0618. The van der Waals surface area contributed by atoms with Gasteiger partial charge in [-0.3, -0.25) is 4.79 Å². The second-order valence-electron chi connectivity index (χ2n) is 7.81. The number of thiophene rings is 1. The monoisotopic (exact) mass is 487 g/mol. The van der Waals surface area contributed by atoms with Crippen LogP contribution in [0, 0.1) is 0 Å². The quantitative estimate of drug-likeness (QED) is 0.332. The molecule has 0 spiro atoms. The molecule has 2 aromatic carbocycles. The molecule has 3 rings (SSSR count). The third-order valence-electron chi connectivity index (χ3n) is 5.55. The zero-order valence-electron chi connectivity index (χ0n) is 19.5. The SMILES string of the molecule is COc1cc(CCC(=O)N(Cc2ccc(Cl)cc2)C(C)Cc2cccs2)cc(OC)c1OC. The molecule has 1 unspecified atom stereocenters. The Balaban J connectivity index is 1.77. The number of carbonyl (C=O) groups excluding carboxylic acids is 1. The van der Waals surface area contributed by atoms with Gasteiger partial charge in [0.25, 0.3) is 0 Å². The molecule has 0 saturated heterocycles. The number of amides is 1. The van der Waals surface area contributed by atoms with Gasteiger partial charge in [-0.15, -0.1) is 11.3 Å². The van der Waals surface area contributed by atoms with Gasteiger partial charge in [-0.1, -0.05) is 29.8 Å². The third kappa shape index (κ3) is 6.65. The number of benzene rings is 2. The molecule has 0 bridgehead atoms. The first-order valence-electron chi connectivity index (χ1n) is 10.8. The Kier molecular flexibility index (Phi) is 9.03. The summed E-state index contributed by atoms with van der Waals surface area (Å²) in [4.78, 5) is 16.6. The lowest BCUT2D eigenvalue weighted by Gasteiger charge is -2.29. The normalized spacial score (nSPS) is 11.7. The first kappa shape index (κ1) is 24.9. The number of aryl methyl sites for hydroxylation is 1. The fraction of sp³-hybridized carbons (Fsp3) is 0.346. The number of hydrogen-bond donors (Lipinski definition) is 0. The van der Waals surface area contributed by atoms with Gasteiger partial charge < -0.3 is 19.1 Å². The van der Waals surface area contributed by atoms with Crippen LogP contribution >= 0.6 is 22.9 Å². The predicted octanol–water partition coefficient (Wildman–Crippen LogP) is 6.02. The highest BCUT2D eigenvalue weighted by molar-refractivity contribution is 7.09.